The summed E-state index contributed by atoms with van der Waals surface area (Å²) in [5.74, 6) is 0.745. The van der Waals surface area contributed by atoms with Crippen molar-refractivity contribution in [3.05, 3.63) is 84.4 Å². The van der Waals surface area contributed by atoms with Crippen molar-refractivity contribution in [2.75, 3.05) is 11.9 Å². The summed E-state index contributed by atoms with van der Waals surface area (Å²) >= 11 is 0. The van der Waals surface area contributed by atoms with Crippen LogP contribution < -0.4 is 5.32 Å². The van der Waals surface area contributed by atoms with E-state index < -0.39 is 0 Å². The van der Waals surface area contributed by atoms with Gasteiger partial charge >= 0.3 is 0 Å². The Morgan fingerprint density at radius 3 is 2.50 bits per heavy atom. The van der Waals surface area contributed by atoms with Crippen LogP contribution in [0.1, 0.15) is 5.69 Å². The van der Waals surface area contributed by atoms with Gasteiger partial charge in [-0.15, -0.1) is 0 Å². The molecule has 1 N–H and O–H groups in total. The van der Waals surface area contributed by atoms with Crippen LogP contribution in [0.4, 0.5) is 10.2 Å². The zero-order chi connectivity index (χ0) is 17.8. The zero-order valence-electron chi connectivity index (χ0n) is 14.1. The summed E-state index contributed by atoms with van der Waals surface area (Å²) in [5.41, 5.74) is 2.18. The van der Waals surface area contributed by atoms with E-state index in [-0.39, 0.29) is 5.82 Å². The average molecular weight is 344 g/mol. The van der Waals surface area contributed by atoms with E-state index in [0.29, 0.717) is 23.8 Å². The van der Waals surface area contributed by atoms with Crippen LogP contribution in [-0.2, 0) is 6.42 Å². The lowest BCUT2D eigenvalue weighted by Crippen LogP contribution is -2.09. The smallest absolute Gasteiger partial charge is 0.165 e. The zero-order valence-corrected chi connectivity index (χ0v) is 14.1. The molecule has 0 bridgehead atoms. The SMILES string of the molecule is Fc1ccccc1-c1nc(NCCc2ccccn2)c2ccccc2n1. The third-order valence-corrected chi connectivity index (χ3v) is 4.12. The van der Waals surface area contributed by atoms with Gasteiger partial charge in [0.15, 0.2) is 5.82 Å². The minimum absolute atomic E-state index is 0.331. The molecule has 26 heavy (non-hydrogen) atoms. The second-order valence-electron chi connectivity index (χ2n) is 5.89. The monoisotopic (exact) mass is 344 g/mol. The second kappa shape index (κ2) is 7.27. The molecule has 0 saturated carbocycles. The van der Waals surface area contributed by atoms with Crippen molar-refractivity contribution in [2.24, 2.45) is 0 Å². The fourth-order valence-electron chi connectivity index (χ4n) is 2.83. The van der Waals surface area contributed by atoms with E-state index in [1.54, 1.807) is 24.4 Å². The summed E-state index contributed by atoms with van der Waals surface area (Å²) in [6.07, 6.45) is 2.56. The minimum atomic E-state index is -0.331. The van der Waals surface area contributed by atoms with Crippen molar-refractivity contribution in [3.8, 4) is 11.4 Å². The predicted octanol–water partition coefficient (Wildman–Crippen LogP) is 4.49. The van der Waals surface area contributed by atoms with Crippen molar-refractivity contribution in [1.29, 1.82) is 0 Å². The van der Waals surface area contributed by atoms with E-state index in [4.69, 9.17) is 0 Å². The molecule has 0 radical (unpaired) electrons. The van der Waals surface area contributed by atoms with Gasteiger partial charge in [-0.1, -0.05) is 30.3 Å². The number of fused-ring (bicyclic) bond motifs is 1. The van der Waals surface area contributed by atoms with Gasteiger partial charge in [0, 0.05) is 30.2 Å². The third kappa shape index (κ3) is 3.37. The molecule has 0 unspecified atom stereocenters. The standard InChI is InChI=1S/C21H17FN4/c22-18-10-3-1-8-16(18)21-25-19-11-4-2-9-17(19)20(26-21)24-14-12-15-7-5-6-13-23-15/h1-11,13H,12,14H2,(H,24,25,26). The van der Waals surface area contributed by atoms with Gasteiger partial charge in [-0.25, -0.2) is 14.4 Å². The Morgan fingerprint density at radius 1 is 0.846 bits per heavy atom. The number of pyridine rings is 1. The van der Waals surface area contributed by atoms with Gasteiger partial charge < -0.3 is 5.32 Å². The number of halogens is 1. The Bertz CT molecular complexity index is 1030. The molecule has 0 aliphatic rings. The summed E-state index contributed by atoms with van der Waals surface area (Å²) in [5, 5.41) is 4.26. The van der Waals surface area contributed by atoms with Gasteiger partial charge in [0.2, 0.25) is 0 Å². The number of hydrogen-bond donors (Lipinski definition) is 1. The highest BCUT2D eigenvalue weighted by molar-refractivity contribution is 5.90. The van der Waals surface area contributed by atoms with E-state index in [1.165, 1.54) is 6.07 Å². The maximum atomic E-state index is 14.2. The largest absolute Gasteiger partial charge is 0.369 e. The van der Waals surface area contributed by atoms with Crippen LogP contribution in [0.25, 0.3) is 22.3 Å². The maximum absolute atomic E-state index is 14.2. The molecule has 0 spiro atoms. The first-order valence-electron chi connectivity index (χ1n) is 8.47. The molecule has 5 heteroatoms. The molecular formula is C21H17FN4. The Labute approximate surface area is 150 Å². The Kier molecular flexibility index (Phi) is 4.51. The lowest BCUT2D eigenvalue weighted by Gasteiger charge is -2.11. The topological polar surface area (TPSA) is 50.7 Å². The highest BCUT2D eigenvalue weighted by Crippen LogP contribution is 2.26. The van der Waals surface area contributed by atoms with Gasteiger partial charge in [0.25, 0.3) is 0 Å². The van der Waals surface area contributed by atoms with Crippen LogP contribution in [0.3, 0.4) is 0 Å². The molecule has 0 amide bonds. The highest BCUT2D eigenvalue weighted by Gasteiger charge is 2.12. The van der Waals surface area contributed by atoms with Gasteiger partial charge in [-0.2, -0.15) is 0 Å². The highest BCUT2D eigenvalue weighted by atomic mass is 19.1. The molecule has 0 aliphatic carbocycles. The van der Waals surface area contributed by atoms with Crippen LogP contribution in [0.15, 0.2) is 72.9 Å². The number of nitrogens with one attached hydrogen (secondary N) is 1. The van der Waals surface area contributed by atoms with Gasteiger partial charge in [-0.3, -0.25) is 4.98 Å². The van der Waals surface area contributed by atoms with E-state index in [1.807, 2.05) is 42.5 Å². The summed E-state index contributed by atoms with van der Waals surface area (Å²) in [7, 11) is 0. The number of para-hydroxylation sites is 1. The first kappa shape index (κ1) is 16.1. The lowest BCUT2D eigenvalue weighted by molar-refractivity contribution is 0.630. The Hall–Kier alpha value is -3.34. The molecule has 2 aromatic heterocycles. The molecule has 0 atom stereocenters. The predicted molar refractivity (Wildman–Crippen MR) is 101 cm³/mol. The summed E-state index contributed by atoms with van der Waals surface area (Å²) in [6, 6.07) is 20.1. The van der Waals surface area contributed by atoms with Crippen LogP contribution >= 0.6 is 0 Å². The number of benzene rings is 2. The molecule has 2 heterocycles. The second-order valence-corrected chi connectivity index (χ2v) is 5.89. The van der Waals surface area contributed by atoms with Crippen molar-refractivity contribution in [3.63, 3.8) is 0 Å². The van der Waals surface area contributed by atoms with E-state index in [0.717, 1.165) is 23.0 Å². The van der Waals surface area contributed by atoms with Crippen LogP contribution in [-0.4, -0.2) is 21.5 Å². The minimum Gasteiger partial charge on any atom is -0.369 e. The number of anilines is 1. The van der Waals surface area contributed by atoms with Gasteiger partial charge in [0.05, 0.1) is 11.1 Å². The molecule has 0 saturated heterocycles. The lowest BCUT2D eigenvalue weighted by atomic mass is 10.1. The molecule has 0 fully saturated rings. The molecule has 4 aromatic rings. The molecule has 4 rings (SSSR count). The summed E-state index contributed by atoms with van der Waals surface area (Å²) in [4.78, 5) is 13.4. The summed E-state index contributed by atoms with van der Waals surface area (Å²) in [6.45, 7) is 0.675. The molecule has 0 aliphatic heterocycles. The first-order chi connectivity index (χ1) is 12.8. The average Bonchev–Trinajstić information content (AvgIpc) is 2.69. The van der Waals surface area contributed by atoms with Crippen LogP contribution in [0, 0.1) is 5.82 Å². The number of nitrogens with zero attached hydrogens (tertiary/aromatic N) is 3. The number of aromatic nitrogens is 3. The molecule has 2 aromatic carbocycles. The van der Waals surface area contributed by atoms with Crippen molar-refractivity contribution >= 4 is 16.7 Å². The fourth-order valence-corrected chi connectivity index (χ4v) is 2.83. The number of rotatable bonds is 5. The van der Waals surface area contributed by atoms with Crippen LogP contribution in [0.2, 0.25) is 0 Å². The van der Waals surface area contributed by atoms with E-state index >= 15 is 0 Å². The molecule has 128 valence electrons. The Morgan fingerprint density at radius 2 is 1.65 bits per heavy atom. The molecular weight excluding hydrogens is 327 g/mol. The van der Waals surface area contributed by atoms with Crippen molar-refractivity contribution in [2.45, 2.75) is 6.42 Å². The normalized spacial score (nSPS) is 10.8. The van der Waals surface area contributed by atoms with E-state index in [2.05, 4.69) is 20.3 Å². The first-order valence-corrected chi connectivity index (χ1v) is 8.47. The number of hydrogen-bond acceptors (Lipinski definition) is 4. The quantitative estimate of drug-likeness (QED) is 0.580. The molecule has 4 nitrogen and oxygen atoms in total. The third-order valence-electron chi connectivity index (χ3n) is 4.12. The van der Waals surface area contributed by atoms with Crippen molar-refractivity contribution in [1.82, 2.24) is 15.0 Å². The van der Waals surface area contributed by atoms with Crippen LogP contribution in [0.5, 0.6) is 0 Å². The fraction of sp³-hybridized carbons (Fsp3) is 0.0952. The van der Waals surface area contributed by atoms with E-state index in [9.17, 15) is 4.39 Å². The maximum Gasteiger partial charge on any atom is 0.165 e. The van der Waals surface area contributed by atoms with Gasteiger partial charge in [-0.05, 0) is 36.4 Å². The van der Waals surface area contributed by atoms with Crippen molar-refractivity contribution < 1.29 is 4.39 Å². The summed E-state index contributed by atoms with van der Waals surface area (Å²) < 4.78 is 14.2. The van der Waals surface area contributed by atoms with Gasteiger partial charge in [0.1, 0.15) is 11.6 Å². The Balaban J connectivity index is 1.67.